The first-order valence-corrected chi connectivity index (χ1v) is 11.5. The average Bonchev–Trinajstić information content (AvgIpc) is 3.13. The van der Waals surface area contributed by atoms with Crippen LogP contribution in [0.2, 0.25) is 10.0 Å². The minimum Gasteiger partial charge on any atom is -0.493 e. The molecule has 1 aromatic heterocycles. The van der Waals surface area contributed by atoms with Gasteiger partial charge in [0.1, 0.15) is 5.82 Å². The number of aryl methyl sites for hydroxylation is 2. The van der Waals surface area contributed by atoms with Crippen LogP contribution in [0.3, 0.4) is 0 Å². The maximum atomic E-state index is 12.8. The predicted octanol–water partition coefficient (Wildman–Crippen LogP) is 6.29. The van der Waals surface area contributed by atoms with Crippen LogP contribution < -0.4 is 14.8 Å². The second-order valence-corrected chi connectivity index (χ2v) is 8.78. The molecule has 0 aliphatic rings. The van der Waals surface area contributed by atoms with Gasteiger partial charge in [-0.15, -0.1) is 0 Å². The topological polar surface area (TPSA) is 65.4 Å². The molecule has 0 unspecified atom stereocenters. The Morgan fingerprint density at radius 2 is 1.76 bits per heavy atom. The number of nitrogens with zero attached hydrogens (tertiary/aromatic N) is 2. The van der Waals surface area contributed by atoms with Gasteiger partial charge in [0.15, 0.2) is 11.5 Å². The number of fused-ring (bicyclic) bond motifs is 1. The zero-order valence-corrected chi connectivity index (χ0v) is 20.7. The molecule has 1 N–H and O–H groups in total. The lowest BCUT2D eigenvalue weighted by atomic mass is 10.1. The Labute approximate surface area is 208 Å². The molecule has 3 aromatic carbocycles. The monoisotopic (exact) mass is 497 g/mol. The first-order valence-electron chi connectivity index (χ1n) is 10.8. The molecular weight excluding hydrogens is 473 g/mol. The van der Waals surface area contributed by atoms with Gasteiger partial charge in [0.05, 0.1) is 35.3 Å². The number of imidazole rings is 1. The van der Waals surface area contributed by atoms with E-state index in [0.29, 0.717) is 40.2 Å². The number of halogens is 2. The number of ether oxygens (including phenoxy) is 2. The van der Waals surface area contributed by atoms with E-state index in [1.54, 1.807) is 44.6 Å². The quantitative estimate of drug-likeness (QED) is 0.310. The van der Waals surface area contributed by atoms with E-state index in [0.717, 1.165) is 22.4 Å². The summed E-state index contributed by atoms with van der Waals surface area (Å²) in [6.07, 6.45) is 0.879. The van der Waals surface area contributed by atoms with Crippen molar-refractivity contribution >= 4 is 45.8 Å². The summed E-state index contributed by atoms with van der Waals surface area (Å²) in [7, 11) is 3.13. The Hall–Kier alpha value is -3.22. The fourth-order valence-corrected chi connectivity index (χ4v) is 4.23. The molecule has 1 heterocycles. The van der Waals surface area contributed by atoms with E-state index in [1.807, 2.05) is 10.6 Å². The van der Waals surface area contributed by atoms with Crippen LogP contribution in [0.5, 0.6) is 11.5 Å². The van der Waals surface area contributed by atoms with Crippen molar-refractivity contribution in [3.63, 3.8) is 0 Å². The molecule has 6 nitrogen and oxygen atoms in total. The Bertz CT molecular complexity index is 1350. The molecule has 0 bridgehead atoms. The Kier molecular flexibility index (Phi) is 7.29. The number of rotatable bonds is 8. The van der Waals surface area contributed by atoms with Crippen LogP contribution in [-0.4, -0.2) is 29.7 Å². The molecule has 4 rings (SSSR count). The largest absolute Gasteiger partial charge is 0.493 e. The maximum absolute atomic E-state index is 12.8. The van der Waals surface area contributed by atoms with Crippen molar-refractivity contribution in [2.24, 2.45) is 0 Å². The fourth-order valence-electron chi connectivity index (χ4n) is 3.91. The minimum atomic E-state index is -0.129. The zero-order chi connectivity index (χ0) is 24.2. The summed E-state index contributed by atoms with van der Waals surface area (Å²) < 4.78 is 12.6. The van der Waals surface area contributed by atoms with Crippen LogP contribution in [0.1, 0.15) is 23.4 Å². The van der Waals surface area contributed by atoms with Crippen LogP contribution in [0.15, 0.2) is 54.6 Å². The van der Waals surface area contributed by atoms with Gasteiger partial charge in [0.2, 0.25) is 5.91 Å². The first kappa shape index (κ1) is 23.9. The number of benzene rings is 3. The van der Waals surface area contributed by atoms with E-state index in [9.17, 15) is 4.79 Å². The Balaban J connectivity index is 1.57. The summed E-state index contributed by atoms with van der Waals surface area (Å²) >= 11 is 12.5. The Morgan fingerprint density at radius 1 is 1.00 bits per heavy atom. The molecule has 176 valence electrons. The van der Waals surface area contributed by atoms with Gasteiger partial charge in [-0.1, -0.05) is 53.0 Å². The third-order valence-corrected chi connectivity index (χ3v) is 6.27. The number of aromatic nitrogens is 2. The molecule has 34 heavy (non-hydrogen) atoms. The summed E-state index contributed by atoms with van der Waals surface area (Å²) in [4.78, 5) is 17.6. The summed E-state index contributed by atoms with van der Waals surface area (Å²) in [5.41, 5.74) is 4.55. The summed E-state index contributed by atoms with van der Waals surface area (Å²) in [5, 5.41) is 3.82. The highest BCUT2D eigenvalue weighted by Gasteiger charge is 2.15. The fraction of sp³-hybridized carbons (Fsp3) is 0.231. The van der Waals surface area contributed by atoms with Crippen molar-refractivity contribution in [1.29, 1.82) is 0 Å². The zero-order valence-electron chi connectivity index (χ0n) is 19.2. The molecule has 0 fully saturated rings. The van der Waals surface area contributed by atoms with Crippen LogP contribution >= 0.6 is 23.2 Å². The highest BCUT2D eigenvalue weighted by molar-refractivity contribution is 6.42. The third kappa shape index (κ3) is 5.29. The number of carbonyl (C=O) groups is 1. The normalized spacial score (nSPS) is 11.0. The van der Waals surface area contributed by atoms with Crippen molar-refractivity contribution in [1.82, 2.24) is 9.55 Å². The Morgan fingerprint density at radius 3 is 2.50 bits per heavy atom. The number of hydrogen-bond donors (Lipinski definition) is 1. The number of amides is 1. The lowest BCUT2D eigenvalue weighted by Crippen LogP contribution is -2.16. The van der Waals surface area contributed by atoms with E-state index in [2.05, 4.69) is 30.4 Å². The molecule has 0 saturated heterocycles. The maximum Gasteiger partial charge on any atom is 0.226 e. The number of nitrogens with one attached hydrogen (secondary N) is 1. The number of hydrogen-bond acceptors (Lipinski definition) is 4. The predicted molar refractivity (Wildman–Crippen MR) is 137 cm³/mol. The van der Waals surface area contributed by atoms with Crippen LogP contribution in [0.25, 0.3) is 11.0 Å². The van der Waals surface area contributed by atoms with E-state index in [-0.39, 0.29) is 12.3 Å². The van der Waals surface area contributed by atoms with E-state index in [1.165, 1.54) is 5.56 Å². The standard InChI is InChI=1S/C26H25Cl2N3O3/c1-16-5-4-6-17(11-16)12-25-30-21-14-19(27)20(28)15-22(21)31(25)10-9-26(32)29-18-7-8-23(33-2)24(13-18)34-3/h4-8,11,13-15H,9-10,12H2,1-3H3,(H,29,32). The van der Waals surface area contributed by atoms with Gasteiger partial charge in [-0.2, -0.15) is 0 Å². The molecule has 0 atom stereocenters. The highest BCUT2D eigenvalue weighted by atomic mass is 35.5. The first-order chi connectivity index (χ1) is 16.4. The van der Waals surface area contributed by atoms with Crippen molar-refractivity contribution in [3.8, 4) is 11.5 Å². The molecule has 0 aliphatic heterocycles. The van der Waals surface area contributed by atoms with Gasteiger partial charge in [-0.25, -0.2) is 4.98 Å². The number of anilines is 1. The van der Waals surface area contributed by atoms with E-state index in [4.69, 9.17) is 37.7 Å². The van der Waals surface area contributed by atoms with Gasteiger partial charge in [-0.05, 0) is 36.8 Å². The van der Waals surface area contributed by atoms with Crippen molar-refractivity contribution in [3.05, 3.63) is 81.6 Å². The van der Waals surface area contributed by atoms with Crippen LogP contribution in [0.4, 0.5) is 5.69 Å². The number of carbonyl (C=O) groups excluding carboxylic acids is 1. The van der Waals surface area contributed by atoms with Crippen LogP contribution in [0, 0.1) is 6.92 Å². The molecule has 8 heteroatoms. The third-order valence-electron chi connectivity index (χ3n) is 5.54. The van der Waals surface area contributed by atoms with Gasteiger partial charge < -0.3 is 19.4 Å². The van der Waals surface area contributed by atoms with Gasteiger partial charge in [-0.3, -0.25) is 4.79 Å². The summed E-state index contributed by atoms with van der Waals surface area (Å²) in [5.74, 6) is 1.86. The summed E-state index contributed by atoms with van der Waals surface area (Å²) in [6, 6.07) is 17.1. The molecule has 4 aromatic rings. The van der Waals surface area contributed by atoms with E-state index < -0.39 is 0 Å². The smallest absolute Gasteiger partial charge is 0.226 e. The average molecular weight is 498 g/mol. The van der Waals surface area contributed by atoms with Gasteiger partial charge in [0, 0.05) is 31.1 Å². The van der Waals surface area contributed by atoms with Crippen LogP contribution in [-0.2, 0) is 17.8 Å². The second-order valence-electron chi connectivity index (χ2n) is 7.97. The lowest BCUT2D eigenvalue weighted by Gasteiger charge is -2.12. The highest BCUT2D eigenvalue weighted by Crippen LogP contribution is 2.31. The molecule has 1 amide bonds. The molecule has 0 radical (unpaired) electrons. The van der Waals surface area contributed by atoms with Crippen molar-refractivity contribution in [2.75, 3.05) is 19.5 Å². The molecule has 0 spiro atoms. The molecule has 0 saturated carbocycles. The van der Waals surface area contributed by atoms with Gasteiger partial charge in [0.25, 0.3) is 0 Å². The van der Waals surface area contributed by atoms with Gasteiger partial charge >= 0.3 is 0 Å². The molecule has 0 aliphatic carbocycles. The SMILES string of the molecule is COc1ccc(NC(=O)CCn2c(Cc3cccc(C)c3)nc3cc(Cl)c(Cl)cc32)cc1OC. The van der Waals surface area contributed by atoms with Crippen molar-refractivity contribution in [2.45, 2.75) is 26.3 Å². The van der Waals surface area contributed by atoms with E-state index >= 15 is 0 Å². The number of methoxy groups -OCH3 is 2. The minimum absolute atomic E-state index is 0.129. The van der Waals surface area contributed by atoms with Crippen molar-refractivity contribution < 1.29 is 14.3 Å². The lowest BCUT2D eigenvalue weighted by molar-refractivity contribution is -0.116. The summed E-state index contributed by atoms with van der Waals surface area (Å²) in [6.45, 7) is 2.50. The second kappa shape index (κ2) is 10.4. The molecular formula is C26H25Cl2N3O3.